The van der Waals surface area contributed by atoms with Crippen LogP contribution in [0.3, 0.4) is 0 Å². The molecule has 1 amide bonds. The molecule has 0 bridgehead atoms. The molecule has 0 heterocycles. The molecule has 20 heavy (non-hydrogen) atoms. The number of hydrogen-bond acceptors (Lipinski definition) is 3. The van der Waals surface area contributed by atoms with Gasteiger partial charge in [-0.2, -0.15) is 0 Å². The number of esters is 1. The van der Waals surface area contributed by atoms with Gasteiger partial charge in [0.2, 0.25) is 5.91 Å². The second-order valence-electron chi connectivity index (χ2n) is 6.91. The third-order valence-electron chi connectivity index (χ3n) is 3.50. The smallest absolute Gasteiger partial charge is 0.329 e. The molecule has 1 fully saturated rings. The maximum absolute atomic E-state index is 12.4. The van der Waals surface area contributed by atoms with Gasteiger partial charge in [0.15, 0.2) is 0 Å². The van der Waals surface area contributed by atoms with Gasteiger partial charge in [0.25, 0.3) is 0 Å². The third kappa shape index (κ3) is 4.09. The van der Waals surface area contributed by atoms with Gasteiger partial charge in [-0.25, -0.2) is 4.79 Å². The summed E-state index contributed by atoms with van der Waals surface area (Å²) >= 11 is 0. The molecule has 0 spiro atoms. The first kappa shape index (κ1) is 16.7. The summed E-state index contributed by atoms with van der Waals surface area (Å²) in [5.41, 5.74) is -0.544. The molecular weight excluding hydrogens is 254 g/mol. The highest BCUT2D eigenvalue weighted by atomic mass is 16.6. The Labute approximate surface area is 122 Å². The molecule has 4 nitrogen and oxygen atoms in total. The molecule has 0 aromatic rings. The molecule has 1 aliphatic carbocycles. The second-order valence-corrected chi connectivity index (χ2v) is 6.91. The van der Waals surface area contributed by atoms with Crippen LogP contribution in [0, 0.1) is 17.8 Å². The summed E-state index contributed by atoms with van der Waals surface area (Å²) in [6.07, 6.45) is 2.65. The number of carbonyl (C=O) groups is 2. The van der Waals surface area contributed by atoms with E-state index < -0.39 is 11.6 Å². The zero-order valence-electron chi connectivity index (χ0n) is 13.5. The molecule has 0 radical (unpaired) electrons. The Hall–Kier alpha value is -1.32. The van der Waals surface area contributed by atoms with Crippen molar-refractivity contribution in [3.8, 4) is 0 Å². The van der Waals surface area contributed by atoms with Gasteiger partial charge in [-0.15, -0.1) is 6.58 Å². The zero-order valence-corrected chi connectivity index (χ0v) is 13.5. The lowest BCUT2D eigenvalue weighted by Gasteiger charge is -2.32. The minimum absolute atomic E-state index is 0.0128. The molecule has 1 rings (SSSR count). The molecule has 0 aromatic carbocycles. The summed E-state index contributed by atoms with van der Waals surface area (Å²) < 4.78 is 5.43. The Bertz CT molecular complexity index is 395. The number of ether oxygens (including phenoxy) is 1. The van der Waals surface area contributed by atoms with Crippen molar-refractivity contribution in [3.05, 3.63) is 12.7 Å². The molecular formula is C16H27NO3. The van der Waals surface area contributed by atoms with Crippen LogP contribution >= 0.6 is 0 Å². The van der Waals surface area contributed by atoms with Gasteiger partial charge >= 0.3 is 5.97 Å². The Morgan fingerprint density at radius 2 is 1.90 bits per heavy atom. The van der Waals surface area contributed by atoms with Crippen LogP contribution in [-0.4, -0.2) is 35.5 Å². The SMILES string of the molecule is C=C[C@@H]1C[C@@H]1C(=O)N(C)[C@H](C(=O)OC(C)(C)C)C(C)C. The molecule has 0 aliphatic heterocycles. The van der Waals surface area contributed by atoms with Crippen LogP contribution in [0.15, 0.2) is 12.7 Å². The fourth-order valence-electron chi connectivity index (χ4n) is 2.40. The van der Waals surface area contributed by atoms with Crippen molar-refractivity contribution in [2.24, 2.45) is 17.8 Å². The maximum Gasteiger partial charge on any atom is 0.329 e. The van der Waals surface area contributed by atoms with E-state index in [1.807, 2.05) is 40.7 Å². The first-order chi connectivity index (χ1) is 9.08. The molecule has 3 atom stereocenters. The van der Waals surface area contributed by atoms with Gasteiger partial charge < -0.3 is 9.64 Å². The minimum Gasteiger partial charge on any atom is -0.458 e. The van der Waals surface area contributed by atoms with Crippen molar-refractivity contribution in [3.63, 3.8) is 0 Å². The van der Waals surface area contributed by atoms with Crippen molar-refractivity contribution >= 4 is 11.9 Å². The largest absolute Gasteiger partial charge is 0.458 e. The molecule has 0 unspecified atom stereocenters. The molecule has 1 saturated carbocycles. The number of allylic oxidation sites excluding steroid dienone is 1. The predicted octanol–water partition coefficient (Wildman–Crippen LogP) is 2.63. The van der Waals surface area contributed by atoms with Crippen molar-refractivity contribution in [2.75, 3.05) is 7.05 Å². The molecule has 1 aliphatic rings. The van der Waals surface area contributed by atoms with Crippen LogP contribution < -0.4 is 0 Å². The second kappa shape index (κ2) is 5.98. The van der Waals surface area contributed by atoms with E-state index >= 15 is 0 Å². The lowest BCUT2D eigenvalue weighted by molar-refractivity contribution is -0.166. The van der Waals surface area contributed by atoms with Crippen molar-refractivity contribution < 1.29 is 14.3 Å². The fraction of sp³-hybridized carbons (Fsp3) is 0.750. The minimum atomic E-state index is -0.544. The van der Waals surface area contributed by atoms with Crippen LogP contribution in [0.4, 0.5) is 0 Å². The Kier molecular flexibility index (Phi) is 5.00. The predicted molar refractivity (Wildman–Crippen MR) is 79.0 cm³/mol. The van der Waals surface area contributed by atoms with E-state index in [-0.39, 0.29) is 29.6 Å². The highest BCUT2D eigenvalue weighted by molar-refractivity contribution is 5.87. The number of rotatable bonds is 5. The number of amides is 1. The van der Waals surface area contributed by atoms with Gasteiger partial charge in [-0.3, -0.25) is 4.79 Å². The van der Waals surface area contributed by atoms with Crippen molar-refractivity contribution in [1.82, 2.24) is 4.90 Å². The molecule has 0 N–H and O–H groups in total. The Morgan fingerprint density at radius 3 is 2.25 bits per heavy atom. The van der Waals surface area contributed by atoms with Crippen LogP contribution in [0.25, 0.3) is 0 Å². The summed E-state index contributed by atoms with van der Waals surface area (Å²) in [5.74, 6) is -0.0593. The van der Waals surface area contributed by atoms with Gasteiger partial charge in [-0.1, -0.05) is 19.9 Å². The quantitative estimate of drug-likeness (QED) is 0.575. The third-order valence-corrected chi connectivity index (χ3v) is 3.50. The molecule has 114 valence electrons. The number of carbonyl (C=O) groups excluding carboxylic acids is 2. The Morgan fingerprint density at radius 1 is 1.35 bits per heavy atom. The average Bonchev–Trinajstić information content (AvgIpc) is 3.03. The maximum atomic E-state index is 12.4. The number of likely N-dealkylation sites (N-methyl/N-ethyl adjacent to an activating group) is 1. The summed E-state index contributed by atoms with van der Waals surface area (Å²) in [4.78, 5) is 26.2. The monoisotopic (exact) mass is 281 g/mol. The lowest BCUT2D eigenvalue weighted by Crippen LogP contribution is -2.48. The summed E-state index contributed by atoms with van der Waals surface area (Å²) in [7, 11) is 1.69. The first-order valence-corrected chi connectivity index (χ1v) is 7.20. The highest BCUT2D eigenvalue weighted by Crippen LogP contribution is 2.41. The fourth-order valence-corrected chi connectivity index (χ4v) is 2.40. The van der Waals surface area contributed by atoms with E-state index in [1.165, 1.54) is 0 Å². The van der Waals surface area contributed by atoms with Crippen LogP contribution in [-0.2, 0) is 14.3 Å². The van der Waals surface area contributed by atoms with Crippen LogP contribution in [0.2, 0.25) is 0 Å². The average molecular weight is 281 g/mol. The number of hydrogen-bond donors (Lipinski definition) is 0. The Balaban J connectivity index is 2.78. The van der Waals surface area contributed by atoms with E-state index in [2.05, 4.69) is 6.58 Å². The van der Waals surface area contributed by atoms with E-state index in [0.717, 1.165) is 6.42 Å². The van der Waals surface area contributed by atoms with Crippen LogP contribution in [0.1, 0.15) is 41.0 Å². The van der Waals surface area contributed by atoms with Gasteiger partial charge in [0.1, 0.15) is 11.6 Å². The van der Waals surface area contributed by atoms with E-state index in [0.29, 0.717) is 0 Å². The van der Waals surface area contributed by atoms with E-state index in [1.54, 1.807) is 11.9 Å². The van der Waals surface area contributed by atoms with Gasteiger partial charge in [-0.05, 0) is 39.0 Å². The zero-order chi connectivity index (χ0) is 15.7. The summed E-state index contributed by atoms with van der Waals surface area (Å²) in [5, 5.41) is 0. The van der Waals surface area contributed by atoms with Gasteiger partial charge in [0.05, 0.1) is 0 Å². The topological polar surface area (TPSA) is 46.6 Å². The molecule has 0 aromatic heterocycles. The van der Waals surface area contributed by atoms with Crippen molar-refractivity contribution in [2.45, 2.75) is 52.7 Å². The van der Waals surface area contributed by atoms with Crippen LogP contribution in [0.5, 0.6) is 0 Å². The normalized spacial score (nSPS) is 23.1. The number of nitrogens with zero attached hydrogens (tertiary/aromatic N) is 1. The molecule has 4 heteroatoms. The van der Waals surface area contributed by atoms with Crippen molar-refractivity contribution in [1.29, 1.82) is 0 Å². The molecule has 0 saturated heterocycles. The van der Waals surface area contributed by atoms with Gasteiger partial charge in [0, 0.05) is 13.0 Å². The van der Waals surface area contributed by atoms with E-state index in [9.17, 15) is 9.59 Å². The summed E-state index contributed by atoms with van der Waals surface area (Å²) in [6, 6.07) is -0.534. The highest BCUT2D eigenvalue weighted by Gasteiger charge is 2.45. The lowest BCUT2D eigenvalue weighted by atomic mass is 10.0. The van der Waals surface area contributed by atoms with E-state index in [4.69, 9.17) is 4.74 Å². The first-order valence-electron chi connectivity index (χ1n) is 7.20. The summed E-state index contributed by atoms with van der Waals surface area (Å²) in [6.45, 7) is 13.1. The standard InChI is InChI=1S/C16H27NO3/c1-8-11-9-12(11)14(18)17(7)13(10(2)3)15(19)20-16(4,5)6/h8,10-13H,1,9H2,2-7H3/t11-,12+,13+/m1/s1.